The molecule has 3 heteroatoms. The van der Waals surface area contributed by atoms with Gasteiger partial charge < -0.3 is 14.6 Å². The average Bonchev–Trinajstić information content (AvgIpc) is 1.98. The molecule has 0 aliphatic rings. The zero-order chi connectivity index (χ0) is 11.2. The van der Waals surface area contributed by atoms with E-state index in [-0.39, 0.29) is 11.5 Å². The van der Waals surface area contributed by atoms with Crippen molar-refractivity contribution >= 4 is 0 Å². The summed E-state index contributed by atoms with van der Waals surface area (Å²) in [6.07, 6.45) is -0.355. The second-order valence-electron chi connectivity index (χ2n) is 5.07. The summed E-state index contributed by atoms with van der Waals surface area (Å²) in [6.45, 7) is 11.8. The quantitative estimate of drug-likeness (QED) is 0.717. The Hall–Kier alpha value is -0.120. The molecule has 0 aromatic rings. The second kappa shape index (κ2) is 6.38. The molecule has 0 saturated carbocycles. The number of aliphatic hydroxyl groups is 1. The van der Waals surface area contributed by atoms with Crippen LogP contribution in [0.2, 0.25) is 0 Å². The van der Waals surface area contributed by atoms with E-state index in [2.05, 4.69) is 20.8 Å². The van der Waals surface area contributed by atoms with Crippen molar-refractivity contribution in [2.24, 2.45) is 5.41 Å². The molecular formula is C11H24O3. The molecule has 86 valence electrons. The van der Waals surface area contributed by atoms with Gasteiger partial charge in [-0.3, -0.25) is 0 Å². The lowest BCUT2D eigenvalue weighted by Gasteiger charge is -2.20. The number of hydrogen-bond acceptors (Lipinski definition) is 3. The maximum Gasteiger partial charge on any atom is 0.0781 e. The van der Waals surface area contributed by atoms with Crippen LogP contribution >= 0.6 is 0 Å². The lowest BCUT2D eigenvalue weighted by atomic mass is 9.99. The highest BCUT2D eigenvalue weighted by Crippen LogP contribution is 2.13. The molecule has 0 fully saturated rings. The molecular weight excluding hydrogens is 180 g/mol. The molecule has 0 rings (SSSR count). The summed E-state index contributed by atoms with van der Waals surface area (Å²) in [6, 6.07) is 0. The first-order valence-corrected chi connectivity index (χ1v) is 5.18. The van der Waals surface area contributed by atoms with Gasteiger partial charge in [0.15, 0.2) is 0 Å². The van der Waals surface area contributed by atoms with Crippen LogP contribution in [0.15, 0.2) is 0 Å². The molecule has 1 N–H and O–H groups in total. The molecule has 0 aromatic heterocycles. The van der Waals surface area contributed by atoms with E-state index in [9.17, 15) is 0 Å². The first-order valence-electron chi connectivity index (χ1n) is 5.18. The van der Waals surface area contributed by atoms with Gasteiger partial charge in [0.05, 0.1) is 32.0 Å². The highest BCUT2D eigenvalue weighted by Gasteiger charge is 2.11. The highest BCUT2D eigenvalue weighted by atomic mass is 16.5. The van der Waals surface area contributed by atoms with Crippen molar-refractivity contribution in [3.05, 3.63) is 0 Å². The minimum Gasteiger partial charge on any atom is -0.391 e. The molecule has 0 heterocycles. The Morgan fingerprint density at radius 2 is 1.71 bits per heavy atom. The van der Waals surface area contributed by atoms with Crippen molar-refractivity contribution < 1.29 is 14.6 Å². The molecule has 2 atom stereocenters. The van der Waals surface area contributed by atoms with E-state index >= 15 is 0 Å². The van der Waals surface area contributed by atoms with E-state index in [1.807, 2.05) is 6.92 Å². The first kappa shape index (κ1) is 13.9. The van der Waals surface area contributed by atoms with Gasteiger partial charge in [-0.1, -0.05) is 20.8 Å². The van der Waals surface area contributed by atoms with Crippen LogP contribution < -0.4 is 0 Å². The summed E-state index contributed by atoms with van der Waals surface area (Å²) in [5, 5.41) is 8.99. The van der Waals surface area contributed by atoms with Crippen LogP contribution in [0.25, 0.3) is 0 Å². The van der Waals surface area contributed by atoms with Gasteiger partial charge in [0.2, 0.25) is 0 Å². The minimum atomic E-state index is -0.403. The van der Waals surface area contributed by atoms with Crippen LogP contribution in [0, 0.1) is 5.41 Å². The van der Waals surface area contributed by atoms with Crippen molar-refractivity contribution in [2.75, 3.05) is 19.8 Å². The van der Waals surface area contributed by atoms with Gasteiger partial charge in [-0.25, -0.2) is 0 Å². The molecule has 0 aliphatic heterocycles. The van der Waals surface area contributed by atoms with Crippen molar-refractivity contribution in [1.29, 1.82) is 0 Å². The third kappa shape index (κ3) is 9.96. The smallest absolute Gasteiger partial charge is 0.0781 e. The van der Waals surface area contributed by atoms with Crippen LogP contribution in [0.3, 0.4) is 0 Å². The van der Waals surface area contributed by atoms with E-state index < -0.39 is 6.10 Å². The lowest BCUT2D eigenvalue weighted by molar-refractivity contribution is -0.0473. The molecule has 14 heavy (non-hydrogen) atoms. The summed E-state index contributed by atoms with van der Waals surface area (Å²) in [5.41, 5.74) is 0.198. The van der Waals surface area contributed by atoms with Gasteiger partial charge in [-0.05, 0) is 19.3 Å². The van der Waals surface area contributed by atoms with Gasteiger partial charge in [0, 0.05) is 0 Å². The molecule has 0 amide bonds. The maximum absolute atomic E-state index is 8.99. The second-order valence-corrected chi connectivity index (χ2v) is 5.07. The van der Waals surface area contributed by atoms with E-state index in [1.165, 1.54) is 0 Å². The number of rotatable bonds is 6. The van der Waals surface area contributed by atoms with Gasteiger partial charge in [0.25, 0.3) is 0 Å². The fraction of sp³-hybridized carbons (Fsp3) is 1.00. The van der Waals surface area contributed by atoms with Gasteiger partial charge in [-0.2, -0.15) is 0 Å². The van der Waals surface area contributed by atoms with Gasteiger partial charge in [-0.15, -0.1) is 0 Å². The van der Waals surface area contributed by atoms with Crippen LogP contribution in [0.1, 0.15) is 34.6 Å². The van der Waals surface area contributed by atoms with E-state index in [1.54, 1.807) is 6.92 Å². The fourth-order valence-corrected chi connectivity index (χ4v) is 0.883. The number of aliphatic hydroxyl groups excluding tert-OH is 1. The normalized spacial score (nSPS) is 16.7. The Bertz CT molecular complexity index is 138. The first-order chi connectivity index (χ1) is 6.31. The molecule has 0 saturated heterocycles. The molecule has 3 nitrogen and oxygen atoms in total. The number of hydrogen-bond donors (Lipinski definition) is 1. The SMILES string of the molecule is CC(O)COC(C)COCC(C)(C)C. The minimum absolute atomic E-state index is 0.0481. The summed E-state index contributed by atoms with van der Waals surface area (Å²) < 4.78 is 10.8. The van der Waals surface area contributed by atoms with Crippen LogP contribution in [0.4, 0.5) is 0 Å². The predicted molar refractivity (Wildman–Crippen MR) is 57.4 cm³/mol. The van der Waals surface area contributed by atoms with Crippen molar-refractivity contribution in [2.45, 2.75) is 46.8 Å². The lowest BCUT2D eigenvalue weighted by Crippen LogP contribution is -2.24. The fourth-order valence-electron chi connectivity index (χ4n) is 0.883. The Labute approximate surface area is 87.4 Å². The maximum atomic E-state index is 8.99. The van der Waals surface area contributed by atoms with E-state index in [0.29, 0.717) is 13.2 Å². The third-order valence-corrected chi connectivity index (χ3v) is 1.51. The number of ether oxygens (including phenoxy) is 2. The summed E-state index contributed by atoms with van der Waals surface area (Å²) >= 11 is 0. The van der Waals surface area contributed by atoms with Crippen molar-refractivity contribution in [3.8, 4) is 0 Å². The Balaban J connectivity index is 3.40. The highest BCUT2D eigenvalue weighted by molar-refractivity contribution is 4.60. The zero-order valence-corrected chi connectivity index (χ0v) is 10.0. The summed E-state index contributed by atoms with van der Waals surface area (Å²) in [7, 11) is 0. The monoisotopic (exact) mass is 204 g/mol. The van der Waals surface area contributed by atoms with E-state index in [0.717, 1.165) is 6.61 Å². The summed E-state index contributed by atoms with van der Waals surface area (Å²) in [5.74, 6) is 0. The van der Waals surface area contributed by atoms with Crippen molar-refractivity contribution in [1.82, 2.24) is 0 Å². The Morgan fingerprint density at radius 1 is 1.14 bits per heavy atom. The molecule has 0 spiro atoms. The topological polar surface area (TPSA) is 38.7 Å². The predicted octanol–water partition coefficient (Wildman–Crippen LogP) is 1.83. The largest absolute Gasteiger partial charge is 0.391 e. The molecule has 0 aromatic carbocycles. The third-order valence-electron chi connectivity index (χ3n) is 1.51. The Morgan fingerprint density at radius 3 is 2.14 bits per heavy atom. The standard InChI is InChI=1S/C11H24O3/c1-9(12)6-14-10(2)7-13-8-11(3,4)5/h9-10,12H,6-8H2,1-5H3. The zero-order valence-electron chi connectivity index (χ0n) is 10.0. The van der Waals surface area contributed by atoms with Gasteiger partial charge in [0.1, 0.15) is 0 Å². The molecule has 0 radical (unpaired) electrons. The summed E-state index contributed by atoms with van der Waals surface area (Å²) in [4.78, 5) is 0. The average molecular weight is 204 g/mol. The van der Waals surface area contributed by atoms with E-state index in [4.69, 9.17) is 14.6 Å². The molecule has 0 aliphatic carbocycles. The van der Waals surface area contributed by atoms with Gasteiger partial charge >= 0.3 is 0 Å². The molecule has 2 unspecified atom stereocenters. The van der Waals surface area contributed by atoms with Crippen LogP contribution in [-0.2, 0) is 9.47 Å². The van der Waals surface area contributed by atoms with Crippen molar-refractivity contribution in [3.63, 3.8) is 0 Å². The van der Waals surface area contributed by atoms with Crippen LogP contribution in [-0.4, -0.2) is 37.1 Å². The Kier molecular flexibility index (Phi) is 6.33. The van der Waals surface area contributed by atoms with Crippen LogP contribution in [0.5, 0.6) is 0 Å². The molecule has 0 bridgehead atoms.